The number of allylic oxidation sites excluding steroid dienone is 3. The zero-order valence-corrected chi connectivity index (χ0v) is 21.0. The molecule has 0 aromatic carbocycles. The fraction of sp³-hybridized carbons (Fsp3) is 0.680. The number of amides is 2. The predicted molar refractivity (Wildman–Crippen MR) is 133 cm³/mol. The van der Waals surface area contributed by atoms with Crippen LogP contribution >= 0.6 is 0 Å². The second-order valence-corrected chi connectivity index (χ2v) is 9.48. The highest BCUT2D eigenvalue weighted by atomic mass is 16.7. The highest BCUT2D eigenvalue weighted by molar-refractivity contribution is 5.87. The number of ether oxygens (including phenoxy) is 4. The van der Waals surface area contributed by atoms with Crippen molar-refractivity contribution in [1.29, 1.82) is 0 Å². The first-order valence-electron chi connectivity index (χ1n) is 11.8. The van der Waals surface area contributed by atoms with Gasteiger partial charge in [0, 0.05) is 29.2 Å². The van der Waals surface area contributed by atoms with Crippen LogP contribution in [0.4, 0.5) is 4.79 Å². The summed E-state index contributed by atoms with van der Waals surface area (Å²) in [5, 5.41) is 12.4. The fourth-order valence-corrected chi connectivity index (χ4v) is 3.98. The van der Waals surface area contributed by atoms with Gasteiger partial charge in [0.05, 0.1) is 43.2 Å². The first kappa shape index (κ1) is 28.0. The van der Waals surface area contributed by atoms with Crippen molar-refractivity contribution in [2.75, 3.05) is 26.9 Å². The van der Waals surface area contributed by atoms with Crippen LogP contribution < -0.4 is 10.6 Å². The average Bonchev–Trinajstić information content (AvgIpc) is 3.52. The molecular formula is C25H44N2O7. The Bertz CT molecular complexity index is 768. The van der Waals surface area contributed by atoms with Gasteiger partial charge in [-0.1, -0.05) is 36.8 Å². The van der Waals surface area contributed by atoms with Crippen LogP contribution in [0.15, 0.2) is 36.0 Å². The van der Waals surface area contributed by atoms with Crippen LogP contribution in [0.25, 0.3) is 0 Å². The molecule has 0 saturated carbocycles. The lowest BCUT2D eigenvalue weighted by Gasteiger charge is -2.38. The van der Waals surface area contributed by atoms with Gasteiger partial charge in [-0.25, -0.2) is 4.79 Å². The Morgan fingerprint density at radius 3 is 2.41 bits per heavy atom. The standard InChI is InChI=1S/C23H35NO5.C2H5NO2.2H2/c1-5-6-7-20(25)24-18-13-26-21(27-14-18)11-9-17(2)8-10-19-12-23(16-28-23)15-22(3,4)29-19;1-3-2(4)5;;/h6-10,18-19,21H,5,11-16H2,1-4H3,(H,24,25);3H,1H3,(H,4,5);2*1H/b7-6-,10-8+,17-9+;;;/t18?,19-,21?,23-;;;/m1.../s1. The molecule has 196 valence electrons. The number of hydrogen-bond donors (Lipinski definition) is 3. The minimum absolute atomic E-state index is 0. The quantitative estimate of drug-likeness (QED) is 0.286. The van der Waals surface area contributed by atoms with Crippen molar-refractivity contribution in [3.63, 3.8) is 0 Å². The molecule has 3 heterocycles. The van der Waals surface area contributed by atoms with Crippen LogP contribution in [0, 0.1) is 0 Å². The number of hydrogen-bond acceptors (Lipinski definition) is 6. The van der Waals surface area contributed by atoms with Crippen molar-refractivity contribution in [3.8, 4) is 0 Å². The van der Waals surface area contributed by atoms with E-state index in [0.717, 1.165) is 31.4 Å². The Labute approximate surface area is 205 Å². The van der Waals surface area contributed by atoms with Crippen molar-refractivity contribution in [3.05, 3.63) is 36.0 Å². The monoisotopic (exact) mass is 484 g/mol. The summed E-state index contributed by atoms with van der Waals surface area (Å²) in [7, 11) is 1.35. The van der Waals surface area contributed by atoms with Gasteiger partial charge < -0.3 is 34.7 Å². The van der Waals surface area contributed by atoms with E-state index >= 15 is 0 Å². The van der Waals surface area contributed by atoms with Gasteiger partial charge in [0.1, 0.15) is 0 Å². The number of carbonyl (C=O) groups is 2. The molecule has 3 aliphatic heterocycles. The largest absolute Gasteiger partial charge is 0.465 e. The van der Waals surface area contributed by atoms with Gasteiger partial charge in [-0.15, -0.1) is 0 Å². The third-order valence-electron chi connectivity index (χ3n) is 5.58. The van der Waals surface area contributed by atoms with E-state index in [1.54, 1.807) is 6.08 Å². The minimum Gasteiger partial charge on any atom is -0.465 e. The van der Waals surface area contributed by atoms with Gasteiger partial charge in [0.2, 0.25) is 5.91 Å². The van der Waals surface area contributed by atoms with E-state index in [1.807, 2.05) is 18.3 Å². The molecule has 34 heavy (non-hydrogen) atoms. The van der Waals surface area contributed by atoms with E-state index in [-0.39, 0.29) is 38.4 Å². The molecule has 3 N–H and O–H groups in total. The first-order chi connectivity index (χ1) is 16.1. The number of nitrogens with one attached hydrogen (secondary N) is 2. The Balaban J connectivity index is 0.00000160. The third kappa shape index (κ3) is 10.4. The van der Waals surface area contributed by atoms with E-state index in [9.17, 15) is 9.59 Å². The molecule has 9 nitrogen and oxygen atoms in total. The molecule has 0 radical (unpaired) electrons. The van der Waals surface area contributed by atoms with Gasteiger partial charge in [0.15, 0.2) is 6.29 Å². The van der Waals surface area contributed by atoms with Crippen LogP contribution in [0.2, 0.25) is 0 Å². The molecule has 1 spiro atoms. The van der Waals surface area contributed by atoms with E-state index < -0.39 is 6.09 Å². The summed E-state index contributed by atoms with van der Waals surface area (Å²) >= 11 is 0. The number of carbonyl (C=O) groups excluding carboxylic acids is 1. The van der Waals surface area contributed by atoms with Gasteiger partial charge >= 0.3 is 6.09 Å². The van der Waals surface area contributed by atoms with Gasteiger partial charge in [0.25, 0.3) is 0 Å². The molecule has 3 fully saturated rings. The first-order valence-corrected chi connectivity index (χ1v) is 11.8. The molecule has 3 rings (SSSR count). The molecule has 9 heteroatoms. The summed E-state index contributed by atoms with van der Waals surface area (Å²) in [6.45, 7) is 10.1. The Morgan fingerprint density at radius 2 is 1.85 bits per heavy atom. The van der Waals surface area contributed by atoms with Crippen molar-refractivity contribution < 1.29 is 36.5 Å². The van der Waals surface area contributed by atoms with Crippen molar-refractivity contribution in [2.45, 2.75) is 83.0 Å². The van der Waals surface area contributed by atoms with Gasteiger partial charge in [-0.05, 0) is 33.3 Å². The maximum Gasteiger partial charge on any atom is 0.404 e. The summed E-state index contributed by atoms with van der Waals surface area (Å²) in [5.41, 5.74) is 1.04. The lowest BCUT2D eigenvalue weighted by Crippen LogP contribution is -2.46. The molecule has 3 saturated heterocycles. The normalized spacial score (nSPS) is 30.6. The molecule has 0 aromatic rings. The van der Waals surface area contributed by atoms with Crippen molar-refractivity contribution in [2.24, 2.45) is 0 Å². The van der Waals surface area contributed by atoms with Crippen molar-refractivity contribution >= 4 is 12.0 Å². The van der Waals surface area contributed by atoms with Crippen LogP contribution in [0.1, 0.15) is 56.2 Å². The summed E-state index contributed by atoms with van der Waals surface area (Å²) in [6, 6.07) is -0.103. The molecule has 3 aliphatic rings. The molecule has 2 amide bonds. The summed E-state index contributed by atoms with van der Waals surface area (Å²) in [5.74, 6) is -0.102. The van der Waals surface area contributed by atoms with E-state index in [0.29, 0.717) is 19.6 Å². The predicted octanol–water partition coefficient (Wildman–Crippen LogP) is 3.81. The zero-order chi connectivity index (χ0) is 25.2. The van der Waals surface area contributed by atoms with Crippen molar-refractivity contribution in [1.82, 2.24) is 10.6 Å². The molecule has 0 aromatic heterocycles. The van der Waals surface area contributed by atoms with E-state index in [4.69, 9.17) is 24.1 Å². The topological polar surface area (TPSA) is 119 Å². The fourth-order valence-electron chi connectivity index (χ4n) is 3.98. The lowest BCUT2D eigenvalue weighted by atomic mass is 9.85. The van der Waals surface area contributed by atoms with E-state index in [2.05, 4.69) is 44.3 Å². The highest BCUT2D eigenvalue weighted by Gasteiger charge is 2.53. The lowest BCUT2D eigenvalue weighted by molar-refractivity contribution is -0.187. The van der Waals surface area contributed by atoms with Crippen LogP contribution in [0.5, 0.6) is 0 Å². The average molecular weight is 485 g/mol. The van der Waals surface area contributed by atoms with Gasteiger partial charge in [-0.3, -0.25) is 4.79 Å². The number of epoxide rings is 1. The van der Waals surface area contributed by atoms with E-state index in [1.165, 1.54) is 7.05 Å². The Morgan fingerprint density at radius 1 is 1.21 bits per heavy atom. The highest BCUT2D eigenvalue weighted by Crippen LogP contribution is 2.46. The molecule has 0 bridgehead atoms. The van der Waals surface area contributed by atoms with Gasteiger partial charge in [-0.2, -0.15) is 0 Å². The SMILES string of the molecule is CC/C=C\C(=O)NC1COC(C/C=C(C)/C=C/[C@@H]2C[C@]3(CO3)CC(C)(C)O2)OC1.CNC(=O)O.[HH].[HH]. The maximum absolute atomic E-state index is 11.7. The smallest absolute Gasteiger partial charge is 0.404 e. The van der Waals surface area contributed by atoms with Crippen LogP contribution in [-0.2, 0) is 23.7 Å². The van der Waals surface area contributed by atoms with Crippen LogP contribution in [0.3, 0.4) is 0 Å². The maximum atomic E-state index is 11.7. The Kier molecular flexibility index (Phi) is 10.8. The Hall–Kier alpha value is -2.20. The molecule has 0 aliphatic carbocycles. The molecule has 2 atom stereocenters. The molecular weight excluding hydrogens is 440 g/mol. The number of rotatable bonds is 7. The molecule has 0 unspecified atom stereocenters. The third-order valence-corrected chi connectivity index (χ3v) is 5.58. The zero-order valence-electron chi connectivity index (χ0n) is 21.0. The number of carboxylic acid groups (broad SMARTS) is 1. The summed E-state index contributed by atoms with van der Waals surface area (Å²) < 4.78 is 23.3. The second-order valence-electron chi connectivity index (χ2n) is 9.48. The second kappa shape index (κ2) is 13.0. The van der Waals surface area contributed by atoms with Crippen LogP contribution in [-0.4, -0.2) is 73.6 Å². The summed E-state index contributed by atoms with van der Waals surface area (Å²) in [4.78, 5) is 21.0. The minimum atomic E-state index is -0.995. The summed E-state index contributed by atoms with van der Waals surface area (Å²) in [6.07, 6.45) is 12.0.